The maximum Gasteiger partial charge on any atom is 0.0571 e. The third-order valence-corrected chi connectivity index (χ3v) is 20.6. The zero-order valence-corrected chi connectivity index (χ0v) is 44.7. The van der Waals surface area contributed by atoms with Crippen molar-refractivity contribution in [1.82, 2.24) is 0 Å². The van der Waals surface area contributed by atoms with E-state index in [-0.39, 0.29) is 0 Å². The van der Waals surface area contributed by atoms with E-state index in [0.717, 1.165) is 88.8 Å². The fourth-order valence-corrected chi connectivity index (χ4v) is 15.4. The van der Waals surface area contributed by atoms with Crippen molar-refractivity contribution in [3.8, 4) is 0 Å². The molecule has 0 amide bonds. The predicted octanol–water partition coefficient (Wildman–Crippen LogP) is 20.4. The predicted molar refractivity (Wildman–Crippen MR) is 287 cm³/mol. The van der Waals surface area contributed by atoms with Gasteiger partial charge in [0.1, 0.15) is 0 Å². The van der Waals surface area contributed by atoms with Crippen LogP contribution in [0.3, 0.4) is 0 Å². The van der Waals surface area contributed by atoms with Crippen LogP contribution >= 0.6 is 0 Å². The summed E-state index contributed by atoms with van der Waals surface area (Å²) in [5.41, 5.74) is 0. The van der Waals surface area contributed by atoms with Crippen LogP contribution in [0.2, 0.25) is 0 Å². The number of ether oxygens (including phenoxy) is 1. The Bertz CT molecular complexity index is 1120. The highest BCUT2D eigenvalue weighted by Crippen LogP contribution is 2.45. The van der Waals surface area contributed by atoms with Crippen molar-refractivity contribution in [1.29, 1.82) is 0 Å². The monoisotopic (exact) mass is 899 g/mol. The molecule has 8 fully saturated rings. The molecular weight excluding hydrogens is 785 g/mol. The van der Waals surface area contributed by atoms with Crippen LogP contribution in [0.15, 0.2) is 38.0 Å². The second-order valence-corrected chi connectivity index (χ2v) is 25.6. The van der Waals surface area contributed by atoms with E-state index in [4.69, 9.17) is 4.74 Å². The maximum atomic E-state index is 5.46. The van der Waals surface area contributed by atoms with Gasteiger partial charge in [-0.2, -0.15) is 0 Å². The van der Waals surface area contributed by atoms with E-state index < -0.39 is 0 Å². The van der Waals surface area contributed by atoms with Crippen LogP contribution in [-0.2, 0) is 4.74 Å². The highest BCUT2D eigenvalue weighted by molar-refractivity contribution is 4.87. The van der Waals surface area contributed by atoms with Crippen molar-refractivity contribution in [2.24, 2.45) is 88.8 Å². The van der Waals surface area contributed by atoms with Gasteiger partial charge in [0.25, 0.3) is 0 Å². The largest absolute Gasteiger partial charge is 0.381 e. The third-order valence-electron chi connectivity index (χ3n) is 20.6. The Kier molecular flexibility index (Phi) is 26.6. The van der Waals surface area contributed by atoms with Gasteiger partial charge in [-0.1, -0.05) is 136 Å². The van der Waals surface area contributed by atoms with Gasteiger partial charge in [-0.3, -0.25) is 0 Å². The third kappa shape index (κ3) is 20.6. The second kappa shape index (κ2) is 31.4. The Labute approximate surface area is 408 Å². The van der Waals surface area contributed by atoms with Crippen LogP contribution in [0.25, 0.3) is 0 Å². The first-order chi connectivity index (χ1) is 31.7. The minimum Gasteiger partial charge on any atom is -0.381 e. The lowest BCUT2D eigenvalue weighted by Crippen LogP contribution is -2.28. The van der Waals surface area contributed by atoms with Crippen molar-refractivity contribution in [2.75, 3.05) is 7.11 Å². The van der Waals surface area contributed by atoms with Gasteiger partial charge in [-0.15, -0.1) is 19.7 Å². The molecule has 8 saturated carbocycles. The van der Waals surface area contributed by atoms with Gasteiger partial charge in [-0.25, -0.2) is 0 Å². The molecular formula is C64H114O. The van der Waals surface area contributed by atoms with Crippen LogP contribution in [0.4, 0.5) is 0 Å². The smallest absolute Gasteiger partial charge is 0.0571 e. The zero-order valence-electron chi connectivity index (χ0n) is 44.7. The maximum absolute atomic E-state index is 5.46. The van der Waals surface area contributed by atoms with Crippen LogP contribution in [0.1, 0.15) is 265 Å². The zero-order chi connectivity index (χ0) is 46.2. The number of hydrogen-bond acceptors (Lipinski definition) is 1. The van der Waals surface area contributed by atoms with Gasteiger partial charge < -0.3 is 4.74 Å². The fraction of sp³-hybridized carbons (Fsp3) is 0.906. The minimum atomic E-state index is 0.559. The second-order valence-electron chi connectivity index (χ2n) is 25.6. The first-order valence-electron chi connectivity index (χ1n) is 30.0. The molecule has 0 atom stereocenters. The molecule has 0 heterocycles. The molecule has 1 heteroatoms. The minimum absolute atomic E-state index is 0.559. The van der Waals surface area contributed by atoms with E-state index in [0.29, 0.717) is 6.10 Å². The lowest BCUT2D eigenvalue weighted by Gasteiger charge is -2.37. The SMILES string of the molecule is C=CCC1CCC(C2CCC(CC=C)CC2)CC1.C=CCC1CCC(C2CCC(OC)CC2)CC1.CC1CCC(C2CCC(C)CC2)CC1.CC1CCC(CCC2CCC(C)CC2)CC1. The van der Waals surface area contributed by atoms with Gasteiger partial charge >= 0.3 is 0 Å². The summed E-state index contributed by atoms with van der Waals surface area (Å²) in [6.45, 7) is 21.3. The molecule has 0 aromatic carbocycles. The topological polar surface area (TPSA) is 9.23 Å². The summed E-state index contributed by atoms with van der Waals surface area (Å²) in [5, 5.41) is 0. The molecule has 1 nitrogen and oxygen atoms in total. The van der Waals surface area contributed by atoms with E-state index in [2.05, 4.69) is 65.7 Å². The normalized spacial score (nSPS) is 40.2. The number of hydrogen-bond donors (Lipinski definition) is 0. The van der Waals surface area contributed by atoms with Gasteiger partial charge in [0.2, 0.25) is 0 Å². The quantitative estimate of drug-likeness (QED) is 0.167. The lowest BCUT2D eigenvalue weighted by atomic mass is 9.68. The standard InChI is InChI=1S/C18H30.C16H28O.C16H30.C14H26/c1-3-5-15-7-11-17(12-8-15)18-13-9-16(6-4-2)10-14-18;1-3-4-13-5-7-14(8-6-13)15-9-11-16(17-2)12-10-15;1-13-3-7-15(8-4-13)11-12-16-9-5-14(2)6-10-16;1-11-3-7-13(8-4-11)14-9-5-12(2)6-10-14/h3-4,15-18H,1-2,5-14H2;3,13-16H,1,4-12H2,2H3;13-16H,3-12H2,1-2H3;11-14H,3-10H2,1-2H3. The molecule has 0 unspecified atom stereocenters. The average molecular weight is 900 g/mol. The van der Waals surface area contributed by atoms with Gasteiger partial charge in [0, 0.05) is 7.11 Å². The van der Waals surface area contributed by atoms with E-state index in [9.17, 15) is 0 Å². The molecule has 0 saturated heterocycles. The van der Waals surface area contributed by atoms with Crippen molar-refractivity contribution in [2.45, 2.75) is 271 Å². The van der Waals surface area contributed by atoms with Crippen molar-refractivity contribution < 1.29 is 4.74 Å². The number of rotatable bonds is 13. The van der Waals surface area contributed by atoms with Crippen molar-refractivity contribution in [3.63, 3.8) is 0 Å². The first kappa shape index (κ1) is 55.1. The molecule has 8 aliphatic carbocycles. The Morgan fingerprint density at radius 1 is 0.292 bits per heavy atom. The van der Waals surface area contributed by atoms with E-state index >= 15 is 0 Å². The highest BCUT2D eigenvalue weighted by Gasteiger charge is 2.33. The van der Waals surface area contributed by atoms with Crippen LogP contribution in [-0.4, -0.2) is 13.2 Å². The molecule has 0 N–H and O–H groups in total. The molecule has 8 aliphatic rings. The molecule has 0 radical (unpaired) electrons. The van der Waals surface area contributed by atoms with Gasteiger partial charge in [-0.05, 0) is 236 Å². The Balaban J connectivity index is 0.000000163. The Morgan fingerprint density at radius 3 is 0.723 bits per heavy atom. The molecule has 0 spiro atoms. The molecule has 0 aromatic heterocycles. The number of methoxy groups -OCH3 is 1. The van der Waals surface area contributed by atoms with Crippen LogP contribution < -0.4 is 0 Å². The summed E-state index contributed by atoms with van der Waals surface area (Å²) in [6, 6.07) is 0. The summed E-state index contributed by atoms with van der Waals surface area (Å²) in [4.78, 5) is 0. The average Bonchev–Trinajstić information content (AvgIpc) is 3.34. The van der Waals surface area contributed by atoms with E-state index in [1.165, 1.54) is 199 Å². The fourth-order valence-electron chi connectivity index (χ4n) is 15.4. The molecule has 376 valence electrons. The summed E-state index contributed by atoms with van der Waals surface area (Å²) in [6.07, 6.45) is 61.2. The van der Waals surface area contributed by atoms with Gasteiger partial charge in [0.05, 0.1) is 6.10 Å². The van der Waals surface area contributed by atoms with E-state index in [1.54, 1.807) is 38.5 Å². The lowest BCUT2D eigenvalue weighted by molar-refractivity contribution is 0.0395. The van der Waals surface area contributed by atoms with E-state index in [1.807, 2.05) is 7.11 Å². The summed E-state index contributed by atoms with van der Waals surface area (Å²) >= 11 is 0. The summed E-state index contributed by atoms with van der Waals surface area (Å²) in [5.74, 6) is 15.5. The summed E-state index contributed by atoms with van der Waals surface area (Å²) in [7, 11) is 1.87. The van der Waals surface area contributed by atoms with Crippen molar-refractivity contribution in [3.05, 3.63) is 38.0 Å². The molecule has 8 rings (SSSR count). The molecule has 65 heavy (non-hydrogen) atoms. The molecule has 0 aliphatic heterocycles. The van der Waals surface area contributed by atoms with Crippen LogP contribution in [0, 0.1) is 88.8 Å². The highest BCUT2D eigenvalue weighted by atomic mass is 16.5. The van der Waals surface area contributed by atoms with Crippen LogP contribution in [0.5, 0.6) is 0 Å². The first-order valence-corrected chi connectivity index (χ1v) is 30.0. The molecule has 0 aromatic rings. The Morgan fingerprint density at radius 2 is 0.492 bits per heavy atom. The molecule has 0 bridgehead atoms. The number of allylic oxidation sites excluding steroid dienone is 3. The van der Waals surface area contributed by atoms with Gasteiger partial charge in [0.15, 0.2) is 0 Å². The van der Waals surface area contributed by atoms with Crippen molar-refractivity contribution >= 4 is 0 Å². The Hall–Kier alpha value is -0.820. The summed E-state index contributed by atoms with van der Waals surface area (Å²) < 4.78 is 5.46.